The van der Waals surface area contributed by atoms with Gasteiger partial charge in [-0.05, 0) is 57.6 Å². The van der Waals surface area contributed by atoms with Crippen molar-refractivity contribution < 1.29 is 23.8 Å². The molecule has 208 valence electrons. The van der Waals surface area contributed by atoms with E-state index in [0.717, 1.165) is 11.3 Å². The Morgan fingerprint density at radius 3 is 2.26 bits per heavy atom. The van der Waals surface area contributed by atoms with E-state index in [1.165, 1.54) is 0 Å². The van der Waals surface area contributed by atoms with Crippen LogP contribution in [-0.2, 0) is 4.74 Å². The lowest BCUT2D eigenvalue weighted by Crippen LogP contribution is -2.46. The van der Waals surface area contributed by atoms with Crippen molar-refractivity contribution in [2.24, 2.45) is 0 Å². The minimum Gasteiger partial charge on any atom is -0.410 e. The van der Waals surface area contributed by atoms with Gasteiger partial charge in [0.2, 0.25) is 0 Å². The highest BCUT2D eigenvalue weighted by molar-refractivity contribution is 5.72. The molecule has 2 atom stereocenters. The lowest BCUT2D eigenvalue weighted by atomic mass is 10.1. The van der Waals surface area contributed by atoms with Crippen LogP contribution >= 0.6 is 0 Å². The van der Waals surface area contributed by atoms with E-state index < -0.39 is 0 Å². The van der Waals surface area contributed by atoms with Gasteiger partial charge in [-0.25, -0.2) is 9.59 Å². The monoisotopic (exact) mass is 527 g/mol. The minimum atomic E-state index is -0.364. The molecule has 2 aromatic carbocycles. The Kier molecular flexibility index (Phi) is 10.1. The lowest BCUT2D eigenvalue weighted by molar-refractivity contribution is 0.0416. The first-order chi connectivity index (χ1) is 18.0. The molecule has 1 fully saturated rings. The third-order valence-electron chi connectivity index (χ3n) is 6.93. The number of amides is 2. The molecule has 3 rings (SSSR count). The van der Waals surface area contributed by atoms with Gasteiger partial charge >= 0.3 is 12.2 Å². The van der Waals surface area contributed by atoms with E-state index in [-0.39, 0.29) is 24.3 Å². The summed E-state index contributed by atoms with van der Waals surface area (Å²) in [6, 6.07) is 15.2. The molecule has 0 N–H and O–H groups in total. The first kappa shape index (κ1) is 29.4. The molecule has 0 aliphatic carbocycles. The maximum Gasteiger partial charge on any atom is 0.415 e. The number of hydrogen-bond acceptors (Lipinski definition) is 6. The molecule has 38 heavy (non-hydrogen) atoms. The van der Waals surface area contributed by atoms with Crippen molar-refractivity contribution in [3.05, 3.63) is 54.1 Å². The molecule has 1 heterocycles. The minimum absolute atomic E-state index is 0.0375. The highest BCUT2D eigenvalue weighted by Crippen LogP contribution is 2.26. The van der Waals surface area contributed by atoms with Crippen LogP contribution in [0.25, 0.3) is 0 Å². The molecule has 2 unspecified atom stereocenters. The second-order valence-corrected chi connectivity index (χ2v) is 10.7. The van der Waals surface area contributed by atoms with Crippen LogP contribution in [0.3, 0.4) is 0 Å². The summed E-state index contributed by atoms with van der Waals surface area (Å²) in [6.45, 7) is 9.37. The summed E-state index contributed by atoms with van der Waals surface area (Å²) in [7, 11) is 8.24. The normalized spacial score (nSPS) is 15.6. The van der Waals surface area contributed by atoms with Crippen molar-refractivity contribution in [1.82, 2.24) is 19.2 Å². The summed E-state index contributed by atoms with van der Waals surface area (Å²) >= 11 is 0. The third kappa shape index (κ3) is 7.93. The number of quaternary nitrogens is 1. The molecular formula is C29H43N4O5+. The van der Waals surface area contributed by atoms with Crippen LogP contribution in [-0.4, -0.2) is 101 Å². The molecule has 1 aliphatic heterocycles. The first-order valence-electron chi connectivity index (χ1n) is 13.2. The van der Waals surface area contributed by atoms with Crippen LogP contribution < -0.4 is 14.0 Å². The topological polar surface area (TPSA) is 71.6 Å². The largest absolute Gasteiger partial charge is 0.415 e. The Labute approximate surface area is 227 Å². The Balaban J connectivity index is 1.60. The van der Waals surface area contributed by atoms with Gasteiger partial charge in [-0.15, -0.1) is 0 Å². The van der Waals surface area contributed by atoms with Gasteiger partial charge in [-0.1, -0.05) is 18.2 Å². The second-order valence-electron chi connectivity index (χ2n) is 10.7. The quantitative estimate of drug-likeness (QED) is 0.444. The Bertz CT molecular complexity index is 1080. The highest BCUT2D eigenvalue weighted by atomic mass is 16.6. The molecule has 1 aliphatic rings. The number of carbonyl (C=O) groups is 2. The molecule has 9 nitrogen and oxygen atoms in total. The van der Waals surface area contributed by atoms with Crippen molar-refractivity contribution in [2.45, 2.75) is 32.9 Å². The van der Waals surface area contributed by atoms with E-state index in [0.29, 0.717) is 55.4 Å². The van der Waals surface area contributed by atoms with Gasteiger partial charge in [0.15, 0.2) is 0 Å². The molecule has 1 saturated heterocycles. The molecule has 9 heteroatoms. The fourth-order valence-corrected chi connectivity index (χ4v) is 4.42. The number of rotatable bonds is 9. The highest BCUT2D eigenvalue weighted by Gasteiger charge is 2.25. The van der Waals surface area contributed by atoms with Crippen LogP contribution in [0.15, 0.2) is 48.5 Å². The number of ether oxygens (including phenoxy) is 3. The second kappa shape index (κ2) is 13.1. The number of morpholine rings is 1. The van der Waals surface area contributed by atoms with Gasteiger partial charge in [0.25, 0.3) is 0 Å². The maximum atomic E-state index is 13.1. The van der Waals surface area contributed by atoms with Gasteiger partial charge in [0.05, 0.1) is 34.4 Å². The van der Waals surface area contributed by atoms with Gasteiger partial charge < -0.3 is 24.0 Å². The van der Waals surface area contributed by atoms with Crippen molar-refractivity contribution in [2.75, 3.05) is 67.6 Å². The molecule has 0 spiro atoms. The van der Waals surface area contributed by atoms with E-state index in [2.05, 4.69) is 33.0 Å². The SMILES string of the molecule is CCN(C(=O)Oc1cccc([N+](C)(C)C)c1)C(C)CN(C)C(C)c1cccc(OC(=O)N2CCOCC2)c1. The molecule has 0 bridgehead atoms. The Morgan fingerprint density at radius 2 is 1.63 bits per heavy atom. The average molecular weight is 528 g/mol. The maximum absolute atomic E-state index is 13.1. The zero-order chi connectivity index (χ0) is 27.9. The van der Waals surface area contributed by atoms with Crippen LogP contribution in [0.4, 0.5) is 15.3 Å². The predicted octanol–water partition coefficient (Wildman–Crippen LogP) is 4.62. The summed E-state index contributed by atoms with van der Waals surface area (Å²) in [5.41, 5.74) is 2.08. The van der Waals surface area contributed by atoms with E-state index >= 15 is 0 Å². The summed E-state index contributed by atoms with van der Waals surface area (Å²) < 4.78 is 17.3. The molecule has 0 radical (unpaired) electrons. The fraction of sp³-hybridized carbons (Fsp3) is 0.517. The van der Waals surface area contributed by atoms with E-state index in [9.17, 15) is 9.59 Å². The molecule has 0 aromatic heterocycles. The van der Waals surface area contributed by atoms with Crippen molar-refractivity contribution in [3.63, 3.8) is 0 Å². The average Bonchev–Trinajstić information content (AvgIpc) is 2.89. The van der Waals surface area contributed by atoms with Crippen LogP contribution in [0.2, 0.25) is 0 Å². The number of benzene rings is 2. The van der Waals surface area contributed by atoms with Gasteiger partial charge in [-0.3, -0.25) is 9.38 Å². The smallest absolute Gasteiger partial charge is 0.410 e. The van der Waals surface area contributed by atoms with Crippen LogP contribution in [0.1, 0.15) is 32.4 Å². The Hall–Kier alpha value is -3.14. The number of nitrogens with zero attached hydrogens (tertiary/aromatic N) is 4. The summed E-state index contributed by atoms with van der Waals surface area (Å²) in [6.07, 6.45) is -0.721. The van der Waals surface area contributed by atoms with Gasteiger partial charge in [0, 0.05) is 44.3 Å². The molecule has 2 aromatic rings. The van der Waals surface area contributed by atoms with E-state index in [1.807, 2.05) is 63.4 Å². The first-order valence-corrected chi connectivity index (χ1v) is 13.2. The van der Waals surface area contributed by atoms with E-state index in [4.69, 9.17) is 14.2 Å². The standard InChI is InChI=1S/C29H43N4O5/c1-8-32(29(35)38-27-14-10-12-25(20-27)33(5,6)7)22(2)21-30(4)23(3)24-11-9-13-26(19-24)37-28(34)31-15-17-36-18-16-31/h9-14,19-20,22-23H,8,15-18,21H2,1-7H3/q+1. The zero-order valence-corrected chi connectivity index (χ0v) is 23.8. The molecule has 0 saturated carbocycles. The van der Waals surface area contributed by atoms with Crippen LogP contribution in [0, 0.1) is 0 Å². The van der Waals surface area contributed by atoms with Crippen LogP contribution in [0.5, 0.6) is 11.5 Å². The van der Waals surface area contributed by atoms with Gasteiger partial charge in [0.1, 0.15) is 17.2 Å². The van der Waals surface area contributed by atoms with Crippen molar-refractivity contribution in [3.8, 4) is 11.5 Å². The molecular weight excluding hydrogens is 484 g/mol. The lowest BCUT2D eigenvalue weighted by Gasteiger charge is -2.33. The summed E-state index contributed by atoms with van der Waals surface area (Å²) in [5.74, 6) is 1.05. The summed E-state index contributed by atoms with van der Waals surface area (Å²) in [4.78, 5) is 31.1. The van der Waals surface area contributed by atoms with E-state index in [1.54, 1.807) is 15.9 Å². The summed E-state index contributed by atoms with van der Waals surface area (Å²) in [5, 5.41) is 0. The number of likely N-dealkylation sites (N-methyl/N-ethyl adjacent to an activating group) is 2. The van der Waals surface area contributed by atoms with Gasteiger partial charge in [-0.2, -0.15) is 0 Å². The number of hydrogen-bond donors (Lipinski definition) is 0. The zero-order valence-electron chi connectivity index (χ0n) is 23.8. The fourth-order valence-electron chi connectivity index (χ4n) is 4.42. The van der Waals surface area contributed by atoms with Crippen molar-refractivity contribution in [1.29, 1.82) is 0 Å². The molecule has 2 amide bonds. The van der Waals surface area contributed by atoms with Crippen molar-refractivity contribution >= 4 is 17.9 Å². The predicted molar refractivity (Wildman–Crippen MR) is 150 cm³/mol. The third-order valence-corrected chi connectivity index (χ3v) is 6.93. The Morgan fingerprint density at radius 1 is 1.00 bits per heavy atom. The number of carbonyl (C=O) groups excluding carboxylic acids is 2.